The van der Waals surface area contributed by atoms with Crippen LogP contribution in [0, 0.1) is 0 Å². The average molecular weight is 298 g/mol. The summed E-state index contributed by atoms with van der Waals surface area (Å²) >= 11 is 0. The van der Waals surface area contributed by atoms with Gasteiger partial charge in [0.1, 0.15) is 12.1 Å². The molecule has 6 nitrogen and oxygen atoms in total. The number of hydrogen-bond donors (Lipinski definition) is 3. The SMILES string of the molecule is NCCCC[C@H](NC(=O)OC1C/C=C\CCCC1)C(=O)O. The normalized spacial score (nSPS) is 21.7. The molecule has 0 spiro atoms. The van der Waals surface area contributed by atoms with E-state index in [4.69, 9.17) is 15.6 Å². The third-order valence-corrected chi connectivity index (χ3v) is 3.52. The van der Waals surface area contributed by atoms with Crippen LogP contribution in [-0.4, -0.2) is 35.9 Å². The Morgan fingerprint density at radius 2 is 2.14 bits per heavy atom. The van der Waals surface area contributed by atoms with E-state index in [0.29, 0.717) is 25.8 Å². The molecule has 0 saturated carbocycles. The number of amides is 1. The summed E-state index contributed by atoms with van der Waals surface area (Å²) in [7, 11) is 0. The molecule has 0 heterocycles. The fourth-order valence-electron chi connectivity index (χ4n) is 2.30. The van der Waals surface area contributed by atoms with Crippen molar-refractivity contribution in [3.05, 3.63) is 12.2 Å². The summed E-state index contributed by atoms with van der Waals surface area (Å²) in [4.78, 5) is 22.9. The van der Waals surface area contributed by atoms with Crippen LogP contribution in [0.1, 0.15) is 51.4 Å². The first-order valence-corrected chi connectivity index (χ1v) is 7.68. The number of ether oxygens (including phenoxy) is 1. The molecule has 0 aromatic rings. The van der Waals surface area contributed by atoms with Gasteiger partial charge < -0.3 is 20.9 Å². The number of nitrogens with two attached hydrogens (primary N) is 1. The lowest BCUT2D eigenvalue weighted by Gasteiger charge is -2.20. The standard InChI is InChI=1S/C15H26N2O4/c16-11-7-6-10-13(14(18)19)17-15(20)21-12-8-4-2-1-3-5-9-12/h2,4,12-13H,1,3,5-11,16H2,(H,17,20)(H,18,19)/b4-2-/t12?,13-/m0/s1. The number of alkyl carbamates (subject to hydrolysis) is 1. The third kappa shape index (κ3) is 7.70. The molecule has 0 fully saturated rings. The van der Waals surface area contributed by atoms with E-state index in [1.165, 1.54) is 0 Å². The molecule has 0 aromatic heterocycles. The summed E-state index contributed by atoms with van der Waals surface area (Å²) < 4.78 is 5.32. The maximum absolute atomic E-state index is 11.8. The Kier molecular flexibility index (Phi) is 8.50. The van der Waals surface area contributed by atoms with Crippen LogP contribution < -0.4 is 11.1 Å². The quantitative estimate of drug-likeness (QED) is 0.494. The number of aliphatic carboxylic acids is 1. The van der Waals surface area contributed by atoms with E-state index in [9.17, 15) is 9.59 Å². The van der Waals surface area contributed by atoms with E-state index in [-0.39, 0.29) is 6.10 Å². The van der Waals surface area contributed by atoms with E-state index >= 15 is 0 Å². The Balaban J connectivity index is 2.39. The van der Waals surface area contributed by atoms with Crippen LogP contribution in [0.25, 0.3) is 0 Å². The maximum atomic E-state index is 11.8. The minimum atomic E-state index is -1.04. The van der Waals surface area contributed by atoms with Crippen LogP contribution in [0.4, 0.5) is 4.79 Å². The molecule has 120 valence electrons. The van der Waals surface area contributed by atoms with Gasteiger partial charge in [0.05, 0.1) is 0 Å². The molecule has 0 bridgehead atoms. The number of unbranched alkanes of at least 4 members (excludes halogenated alkanes) is 1. The summed E-state index contributed by atoms with van der Waals surface area (Å²) in [5.74, 6) is -1.04. The van der Waals surface area contributed by atoms with Gasteiger partial charge in [-0.3, -0.25) is 0 Å². The topological polar surface area (TPSA) is 102 Å². The van der Waals surface area contributed by atoms with Gasteiger partial charge in [-0.1, -0.05) is 12.2 Å². The smallest absolute Gasteiger partial charge is 0.408 e. The van der Waals surface area contributed by atoms with E-state index in [1.54, 1.807) is 0 Å². The van der Waals surface area contributed by atoms with Gasteiger partial charge in [-0.05, 0) is 51.5 Å². The third-order valence-electron chi connectivity index (χ3n) is 3.52. The Morgan fingerprint density at radius 1 is 1.33 bits per heavy atom. The first-order valence-electron chi connectivity index (χ1n) is 7.68. The molecule has 2 atom stereocenters. The number of carbonyl (C=O) groups is 2. The summed E-state index contributed by atoms with van der Waals surface area (Å²) in [6.45, 7) is 0.519. The second kappa shape index (κ2) is 10.2. The van der Waals surface area contributed by atoms with Crippen molar-refractivity contribution in [1.82, 2.24) is 5.32 Å². The molecular weight excluding hydrogens is 272 g/mol. The molecular formula is C15H26N2O4. The van der Waals surface area contributed by atoms with Crippen molar-refractivity contribution in [2.45, 2.75) is 63.5 Å². The van der Waals surface area contributed by atoms with Crippen molar-refractivity contribution in [2.24, 2.45) is 5.73 Å². The van der Waals surface area contributed by atoms with Crippen molar-refractivity contribution in [3.8, 4) is 0 Å². The highest BCUT2D eigenvalue weighted by molar-refractivity contribution is 5.79. The van der Waals surface area contributed by atoms with Crippen molar-refractivity contribution in [1.29, 1.82) is 0 Å². The lowest BCUT2D eigenvalue weighted by molar-refractivity contribution is -0.139. The molecule has 0 aliphatic heterocycles. The lowest BCUT2D eigenvalue weighted by Crippen LogP contribution is -2.42. The van der Waals surface area contributed by atoms with Gasteiger partial charge in [-0.25, -0.2) is 9.59 Å². The second-order valence-corrected chi connectivity index (χ2v) is 5.34. The zero-order chi connectivity index (χ0) is 15.5. The molecule has 4 N–H and O–H groups in total. The largest absolute Gasteiger partial charge is 0.480 e. The van der Waals surface area contributed by atoms with Crippen molar-refractivity contribution >= 4 is 12.1 Å². The van der Waals surface area contributed by atoms with Crippen LogP contribution in [0.2, 0.25) is 0 Å². The van der Waals surface area contributed by atoms with Crippen LogP contribution in [0.5, 0.6) is 0 Å². The molecule has 6 heteroatoms. The predicted octanol–water partition coefficient (Wildman–Crippen LogP) is 2.18. The molecule has 0 aromatic carbocycles. The van der Waals surface area contributed by atoms with E-state index < -0.39 is 18.1 Å². The van der Waals surface area contributed by atoms with Gasteiger partial charge in [0.25, 0.3) is 0 Å². The molecule has 0 radical (unpaired) electrons. The average Bonchev–Trinajstić information content (AvgIpc) is 2.40. The number of hydrogen-bond acceptors (Lipinski definition) is 4. The molecule has 1 unspecified atom stereocenters. The minimum Gasteiger partial charge on any atom is -0.480 e. The zero-order valence-electron chi connectivity index (χ0n) is 12.4. The van der Waals surface area contributed by atoms with Crippen LogP contribution in [-0.2, 0) is 9.53 Å². The van der Waals surface area contributed by atoms with Gasteiger partial charge >= 0.3 is 12.1 Å². The van der Waals surface area contributed by atoms with Gasteiger partial charge in [-0.15, -0.1) is 0 Å². The van der Waals surface area contributed by atoms with Gasteiger partial charge in [0, 0.05) is 6.42 Å². The molecule has 21 heavy (non-hydrogen) atoms. The fraction of sp³-hybridized carbons (Fsp3) is 0.733. The molecule has 1 aliphatic rings. The number of carbonyl (C=O) groups excluding carboxylic acids is 1. The van der Waals surface area contributed by atoms with E-state index in [0.717, 1.165) is 32.1 Å². The Hall–Kier alpha value is -1.56. The van der Waals surface area contributed by atoms with E-state index in [1.807, 2.05) is 6.08 Å². The van der Waals surface area contributed by atoms with Crippen molar-refractivity contribution in [3.63, 3.8) is 0 Å². The number of allylic oxidation sites excluding steroid dienone is 1. The molecule has 1 aliphatic carbocycles. The highest BCUT2D eigenvalue weighted by atomic mass is 16.6. The minimum absolute atomic E-state index is 0.167. The van der Waals surface area contributed by atoms with Crippen LogP contribution in [0.15, 0.2) is 12.2 Å². The monoisotopic (exact) mass is 298 g/mol. The number of rotatable bonds is 7. The fourth-order valence-corrected chi connectivity index (χ4v) is 2.30. The number of carboxylic acid groups (broad SMARTS) is 1. The van der Waals surface area contributed by atoms with Crippen LogP contribution >= 0.6 is 0 Å². The zero-order valence-corrected chi connectivity index (χ0v) is 12.4. The predicted molar refractivity (Wildman–Crippen MR) is 80.0 cm³/mol. The second-order valence-electron chi connectivity index (χ2n) is 5.34. The first kappa shape index (κ1) is 17.5. The molecule has 0 saturated heterocycles. The highest BCUT2D eigenvalue weighted by Crippen LogP contribution is 2.15. The number of carboxylic acids is 1. The number of nitrogens with one attached hydrogen (secondary N) is 1. The summed E-state index contributed by atoms with van der Waals surface area (Å²) in [5.41, 5.74) is 5.38. The highest BCUT2D eigenvalue weighted by Gasteiger charge is 2.22. The lowest BCUT2D eigenvalue weighted by atomic mass is 10.0. The summed E-state index contributed by atoms with van der Waals surface area (Å²) in [6.07, 6.45) is 9.78. The Labute approximate surface area is 125 Å². The van der Waals surface area contributed by atoms with Gasteiger partial charge in [-0.2, -0.15) is 0 Å². The van der Waals surface area contributed by atoms with Gasteiger partial charge in [0.2, 0.25) is 0 Å². The molecule has 1 rings (SSSR count). The Bertz CT molecular complexity index is 358. The van der Waals surface area contributed by atoms with Crippen molar-refractivity contribution in [2.75, 3.05) is 6.54 Å². The van der Waals surface area contributed by atoms with Crippen LogP contribution in [0.3, 0.4) is 0 Å². The summed E-state index contributed by atoms with van der Waals surface area (Å²) in [6, 6.07) is -0.909. The Morgan fingerprint density at radius 3 is 2.86 bits per heavy atom. The van der Waals surface area contributed by atoms with E-state index in [2.05, 4.69) is 11.4 Å². The first-order chi connectivity index (χ1) is 10.1. The van der Waals surface area contributed by atoms with Gasteiger partial charge in [0.15, 0.2) is 0 Å². The molecule has 1 amide bonds. The van der Waals surface area contributed by atoms with Crippen molar-refractivity contribution < 1.29 is 19.4 Å². The summed E-state index contributed by atoms with van der Waals surface area (Å²) in [5, 5.41) is 11.5. The maximum Gasteiger partial charge on any atom is 0.408 e.